The molecule has 1 aliphatic heterocycles. The fourth-order valence-electron chi connectivity index (χ4n) is 2.47. The minimum absolute atomic E-state index is 0.219. The molecule has 1 aromatic heterocycles. The number of hydrogen-bond donors (Lipinski definition) is 1. The molecule has 1 amide bonds. The van der Waals surface area contributed by atoms with Crippen LogP contribution < -0.4 is 5.32 Å². The lowest BCUT2D eigenvalue weighted by Crippen LogP contribution is -2.44. The van der Waals surface area contributed by atoms with E-state index in [1.165, 1.54) is 0 Å². The number of ether oxygens (including phenoxy) is 1. The summed E-state index contributed by atoms with van der Waals surface area (Å²) in [6.45, 7) is 7.82. The van der Waals surface area contributed by atoms with E-state index in [0.717, 1.165) is 31.5 Å². The lowest BCUT2D eigenvalue weighted by atomic mass is 10.1. The van der Waals surface area contributed by atoms with Crippen LogP contribution in [0.3, 0.4) is 0 Å². The molecule has 1 aliphatic rings. The van der Waals surface area contributed by atoms with Gasteiger partial charge in [0.25, 0.3) is 0 Å². The van der Waals surface area contributed by atoms with Crippen molar-refractivity contribution >= 4 is 6.09 Å². The zero-order chi connectivity index (χ0) is 16.0. The number of carbonyl (C=O) groups is 1. The van der Waals surface area contributed by atoms with Crippen LogP contribution in [-0.4, -0.2) is 45.7 Å². The van der Waals surface area contributed by atoms with Gasteiger partial charge in [0, 0.05) is 31.9 Å². The first-order valence-corrected chi connectivity index (χ1v) is 7.90. The van der Waals surface area contributed by atoms with Crippen LogP contribution in [0.5, 0.6) is 0 Å². The zero-order valence-electron chi connectivity index (χ0n) is 13.7. The molecular weight excluding hydrogens is 280 g/mol. The smallest absolute Gasteiger partial charge is 0.410 e. The van der Waals surface area contributed by atoms with E-state index in [1.54, 1.807) is 12.5 Å². The second-order valence-electron chi connectivity index (χ2n) is 6.70. The number of rotatable bonds is 3. The molecule has 1 fully saturated rings. The van der Waals surface area contributed by atoms with Crippen LogP contribution in [0, 0.1) is 0 Å². The molecule has 1 aromatic rings. The zero-order valence-corrected chi connectivity index (χ0v) is 13.7. The monoisotopic (exact) mass is 306 g/mol. The van der Waals surface area contributed by atoms with Crippen molar-refractivity contribution < 1.29 is 9.53 Å². The Balaban J connectivity index is 1.88. The third kappa shape index (κ3) is 5.60. The van der Waals surface area contributed by atoms with Crippen LogP contribution in [0.1, 0.15) is 45.7 Å². The van der Waals surface area contributed by atoms with E-state index in [1.807, 2.05) is 31.7 Å². The van der Waals surface area contributed by atoms with Crippen molar-refractivity contribution in [1.29, 1.82) is 0 Å². The minimum Gasteiger partial charge on any atom is -0.444 e. The van der Waals surface area contributed by atoms with Crippen molar-refractivity contribution in [1.82, 2.24) is 20.2 Å². The van der Waals surface area contributed by atoms with E-state index in [9.17, 15) is 4.79 Å². The Labute approximate surface area is 132 Å². The largest absolute Gasteiger partial charge is 0.444 e. The molecule has 1 unspecified atom stereocenters. The highest BCUT2D eigenvalue weighted by atomic mass is 16.6. The molecule has 0 aromatic carbocycles. The Morgan fingerprint density at radius 1 is 1.45 bits per heavy atom. The third-order valence-electron chi connectivity index (χ3n) is 3.54. The molecule has 2 rings (SSSR count). The molecule has 0 bridgehead atoms. The number of aromatic nitrogens is 2. The molecule has 0 aliphatic carbocycles. The van der Waals surface area contributed by atoms with Gasteiger partial charge in [-0.15, -0.1) is 0 Å². The van der Waals surface area contributed by atoms with E-state index < -0.39 is 5.60 Å². The number of nitrogens with one attached hydrogen (secondary N) is 1. The molecule has 1 saturated heterocycles. The lowest BCUT2D eigenvalue weighted by molar-refractivity contribution is 0.0243. The van der Waals surface area contributed by atoms with Crippen molar-refractivity contribution in [2.45, 2.75) is 58.2 Å². The highest BCUT2D eigenvalue weighted by molar-refractivity contribution is 5.68. The number of nitrogens with zero attached hydrogens (tertiary/aromatic N) is 3. The average Bonchev–Trinajstić information content (AvgIpc) is 2.70. The second kappa shape index (κ2) is 7.54. The van der Waals surface area contributed by atoms with Crippen LogP contribution in [0.15, 0.2) is 18.6 Å². The number of likely N-dealkylation sites (tertiary alicyclic amines) is 1. The van der Waals surface area contributed by atoms with Crippen molar-refractivity contribution in [3.8, 4) is 0 Å². The number of amides is 1. The average molecular weight is 306 g/mol. The maximum atomic E-state index is 12.2. The Morgan fingerprint density at radius 2 is 2.27 bits per heavy atom. The van der Waals surface area contributed by atoms with Crippen molar-refractivity contribution in [3.05, 3.63) is 24.3 Å². The standard InChI is InChI=1S/C16H26N4O2/c1-16(2,3)22-15(21)20-9-5-4-6-14(11-20)18-10-13-7-8-17-12-19-13/h7-8,12,14,18H,4-6,9-11H2,1-3H3. The molecule has 22 heavy (non-hydrogen) atoms. The second-order valence-corrected chi connectivity index (χ2v) is 6.70. The van der Waals surface area contributed by atoms with Crippen LogP contribution in [0.25, 0.3) is 0 Å². The van der Waals surface area contributed by atoms with Gasteiger partial charge in [0.15, 0.2) is 0 Å². The molecule has 0 radical (unpaired) electrons. The summed E-state index contributed by atoms with van der Waals surface area (Å²) in [4.78, 5) is 22.2. The van der Waals surface area contributed by atoms with Crippen LogP contribution in [-0.2, 0) is 11.3 Å². The Hall–Kier alpha value is -1.69. The summed E-state index contributed by atoms with van der Waals surface area (Å²) in [6.07, 6.45) is 6.26. The van der Waals surface area contributed by atoms with E-state index in [0.29, 0.717) is 13.1 Å². The SMILES string of the molecule is CC(C)(C)OC(=O)N1CCCCC(NCc2ccncn2)C1. The first-order chi connectivity index (χ1) is 10.4. The molecule has 2 heterocycles. The maximum absolute atomic E-state index is 12.2. The molecule has 1 atom stereocenters. The highest BCUT2D eigenvalue weighted by Crippen LogP contribution is 2.15. The van der Waals surface area contributed by atoms with Gasteiger partial charge in [-0.25, -0.2) is 14.8 Å². The van der Waals surface area contributed by atoms with Gasteiger partial charge in [-0.1, -0.05) is 6.42 Å². The van der Waals surface area contributed by atoms with E-state index >= 15 is 0 Å². The first kappa shape index (κ1) is 16.7. The fourth-order valence-corrected chi connectivity index (χ4v) is 2.47. The molecule has 0 saturated carbocycles. The Morgan fingerprint density at radius 3 is 2.95 bits per heavy atom. The van der Waals surface area contributed by atoms with Crippen LogP contribution >= 0.6 is 0 Å². The van der Waals surface area contributed by atoms with Crippen molar-refractivity contribution in [3.63, 3.8) is 0 Å². The summed E-state index contributed by atoms with van der Waals surface area (Å²) in [5.41, 5.74) is 0.510. The van der Waals surface area contributed by atoms with Gasteiger partial charge in [-0.05, 0) is 39.7 Å². The first-order valence-electron chi connectivity index (χ1n) is 7.90. The van der Waals surface area contributed by atoms with Gasteiger partial charge in [0.1, 0.15) is 11.9 Å². The predicted molar refractivity (Wildman–Crippen MR) is 84.3 cm³/mol. The Bertz CT molecular complexity index is 473. The fraction of sp³-hybridized carbons (Fsp3) is 0.688. The number of carbonyl (C=O) groups excluding carboxylic acids is 1. The van der Waals surface area contributed by atoms with E-state index in [-0.39, 0.29) is 12.1 Å². The quantitative estimate of drug-likeness (QED) is 0.928. The van der Waals surface area contributed by atoms with Gasteiger partial charge < -0.3 is 15.0 Å². The normalized spacial score (nSPS) is 19.6. The highest BCUT2D eigenvalue weighted by Gasteiger charge is 2.26. The summed E-state index contributed by atoms with van der Waals surface area (Å²) in [6, 6.07) is 2.17. The lowest BCUT2D eigenvalue weighted by Gasteiger charge is -2.28. The van der Waals surface area contributed by atoms with Gasteiger partial charge >= 0.3 is 6.09 Å². The van der Waals surface area contributed by atoms with Crippen molar-refractivity contribution in [2.24, 2.45) is 0 Å². The Kier molecular flexibility index (Phi) is 5.71. The molecule has 6 nitrogen and oxygen atoms in total. The molecule has 0 spiro atoms. The van der Waals surface area contributed by atoms with E-state index in [2.05, 4.69) is 15.3 Å². The predicted octanol–water partition coefficient (Wildman–Crippen LogP) is 2.36. The summed E-state index contributed by atoms with van der Waals surface area (Å²) in [5, 5.41) is 3.49. The molecule has 6 heteroatoms. The maximum Gasteiger partial charge on any atom is 0.410 e. The summed E-state index contributed by atoms with van der Waals surface area (Å²) in [7, 11) is 0. The van der Waals surface area contributed by atoms with Crippen LogP contribution in [0.4, 0.5) is 4.79 Å². The minimum atomic E-state index is -0.451. The molecule has 1 N–H and O–H groups in total. The summed E-state index contributed by atoms with van der Waals surface area (Å²) >= 11 is 0. The van der Waals surface area contributed by atoms with E-state index in [4.69, 9.17) is 4.74 Å². The van der Waals surface area contributed by atoms with Crippen LogP contribution in [0.2, 0.25) is 0 Å². The van der Waals surface area contributed by atoms with Gasteiger partial charge in [-0.3, -0.25) is 0 Å². The van der Waals surface area contributed by atoms with Gasteiger partial charge in [-0.2, -0.15) is 0 Å². The molecule has 122 valence electrons. The topological polar surface area (TPSA) is 67.3 Å². The number of hydrogen-bond acceptors (Lipinski definition) is 5. The van der Waals surface area contributed by atoms with Gasteiger partial charge in [0.2, 0.25) is 0 Å². The van der Waals surface area contributed by atoms with Gasteiger partial charge in [0.05, 0.1) is 5.69 Å². The summed E-state index contributed by atoms with van der Waals surface area (Å²) < 4.78 is 5.48. The van der Waals surface area contributed by atoms with Crippen molar-refractivity contribution in [2.75, 3.05) is 13.1 Å². The molecular formula is C16H26N4O2. The summed E-state index contributed by atoms with van der Waals surface area (Å²) in [5.74, 6) is 0. The third-order valence-corrected chi connectivity index (χ3v) is 3.54.